The maximum atomic E-state index is 11.9. The van der Waals surface area contributed by atoms with E-state index < -0.39 is 11.9 Å². The van der Waals surface area contributed by atoms with E-state index in [1.165, 1.54) is 11.3 Å². The molecule has 3 aromatic rings. The van der Waals surface area contributed by atoms with Crippen LogP contribution in [0.15, 0.2) is 42.5 Å². The molecule has 3 N–H and O–H groups in total. The number of nitrogens with two attached hydrogens (primary N) is 1. The Bertz CT molecular complexity index is 1080. The third-order valence-electron chi connectivity index (χ3n) is 5.95. The van der Waals surface area contributed by atoms with Gasteiger partial charge in [0, 0.05) is 23.2 Å². The zero-order chi connectivity index (χ0) is 19.8. The first kappa shape index (κ1) is 18.3. The van der Waals surface area contributed by atoms with E-state index in [4.69, 9.17) is 5.73 Å². The molecule has 0 fully saturated rings. The predicted molar refractivity (Wildman–Crippen MR) is 109 cm³/mol. The average molecular weight is 376 g/mol. The number of nitrogens with zero attached hydrogens (tertiary/aromatic N) is 1. The second kappa shape index (κ2) is 7.15. The normalized spacial score (nSPS) is 16.1. The van der Waals surface area contributed by atoms with Gasteiger partial charge in [-0.2, -0.15) is 0 Å². The number of aromatic nitrogens is 1. The monoisotopic (exact) mass is 376 g/mol. The van der Waals surface area contributed by atoms with Gasteiger partial charge in [-0.15, -0.1) is 0 Å². The minimum absolute atomic E-state index is 0.325. The van der Waals surface area contributed by atoms with Gasteiger partial charge in [0.1, 0.15) is 0 Å². The molecule has 5 heteroatoms. The third-order valence-corrected chi connectivity index (χ3v) is 5.95. The van der Waals surface area contributed by atoms with Crippen LogP contribution in [0.3, 0.4) is 0 Å². The molecule has 1 amide bonds. The van der Waals surface area contributed by atoms with Crippen LogP contribution in [0.4, 0.5) is 0 Å². The van der Waals surface area contributed by atoms with Crippen LogP contribution in [0.1, 0.15) is 57.3 Å². The fourth-order valence-electron chi connectivity index (χ4n) is 4.47. The van der Waals surface area contributed by atoms with E-state index in [1.807, 2.05) is 24.3 Å². The molecule has 0 spiro atoms. The van der Waals surface area contributed by atoms with E-state index in [0.29, 0.717) is 23.6 Å². The van der Waals surface area contributed by atoms with Crippen LogP contribution >= 0.6 is 0 Å². The molecule has 28 heavy (non-hydrogen) atoms. The van der Waals surface area contributed by atoms with E-state index >= 15 is 0 Å². The van der Waals surface area contributed by atoms with Crippen LogP contribution in [0, 0.1) is 5.92 Å². The van der Waals surface area contributed by atoms with E-state index in [-0.39, 0.29) is 0 Å². The summed E-state index contributed by atoms with van der Waals surface area (Å²) < 4.78 is 2.15. The van der Waals surface area contributed by atoms with Crippen molar-refractivity contribution >= 4 is 22.8 Å². The number of carbonyl (C=O) groups excluding carboxylic acids is 1. The molecule has 2 aromatic carbocycles. The maximum absolute atomic E-state index is 11.9. The van der Waals surface area contributed by atoms with Gasteiger partial charge in [0.05, 0.1) is 11.1 Å². The van der Waals surface area contributed by atoms with Crippen molar-refractivity contribution in [1.82, 2.24) is 4.57 Å². The summed E-state index contributed by atoms with van der Waals surface area (Å²) in [5.74, 6) is -0.765. The number of hydrogen-bond donors (Lipinski definition) is 2. The molecular weight excluding hydrogens is 352 g/mol. The minimum Gasteiger partial charge on any atom is -0.478 e. The second-order valence-electron chi connectivity index (χ2n) is 7.60. The van der Waals surface area contributed by atoms with Gasteiger partial charge in [0.15, 0.2) is 0 Å². The summed E-state index contributed by atoms with van der Waals surface area (Å²) in [6.07, 6.45) is 4.18. The highest BCUT2D eigenvalue weighted by Gasteiger charge is 2.27. The predicted octanol–water partition coefficient (Wildman–Crippen LogP) is 4.00. The molecule has 1 aromatic heterocycles. The van der Waals surface area contributed by atoms with Crippen molar-refractivity contribution in [3.8, 4) is 0 Å². The maximum Gasteiger partial charge on any atom is 0.337 e. The van der Waals surface area contributed by atoms with Gasteiger partial charge in [-0.25, -0.2) is 4.79 Å². The third kappa shape index (κ3) is 3.07. The zero-order valence-electron chi connectivity index (χ0n) is 15.9. The lowest BCUT2D eigenvalue weighted by molar-refractivity contribution is 0.0698. The van der Waals surface area contributed by atoms with Gasteiger partial charge >= 0.3 is 5.97 Å². The summed E-state index contributed by atoms with van der Waals surface area (Å²) in [6, 6.07) is 12.8. The highest BCUT2D eigenvalue weighted by atomic mass is 16.4. The topological polar surface area (TPSA) is 85.3 Å². The first-order valence-electron chi connectivity index (χ1n) is 9.74. The average Bonchev–Trinajstić information content (AvgIpc) is 3.01. The number of para-hydroxylation sites is 1. The smallest absolute Gasteiger partial charge is 0.337 e. The number of carboxylic acid groups (broad SMARTS) is 1. The number of hydrogen-bond acceptors (Lipinski definition) is 2. The lowest BCUT2D eigenvalue weighted by Crippen LogP contribution is -2.17. The van der Waals surface area contributed by atoms with Gasteiger partial charge in [-0.3, -0.25) is 4.79 Å². The summed E-state index contributed by atoms with van der Waals surface area (Å²) in [6.45, 7) is 2.73. The number of benzene rings is 2. The first-order valence-corrected chi connectivity index (χ1v) is 9.74. The number of primary amides is 1. The molecule has 1 unspecified atom stereocenters. The Morgan fingerprint density at radius 2 is 2.00 bits per heavy atom. The molecule has 0 aliphatic heterocycles. The quantitative estimate of drug-likeness (QED) is 0.706. The molecule has 0 radical (unpaired) electrons. The lowest BCUT2D eigenvalue weighted by Gasteiger charge is -2.23. The van der Waals surface area contributed by atoms with Gasteiger partial charge < -0.3 is 15.4 Å². The van der Waals surface area contributed by atoms with Crippen LogP contribution < -0.4 is 5.73 Å². The Balaban J connectivity index is 1.92. The molecule has 144 valence electrons. The van der Waals surface area contributed by atoms with Gasteiger partial charge in [-0.1, -0.05) is 37.6 Å². The Labute approximate surface area is 163 Å². The van der Waals surface area contributed by atoms with Crippen molar-refractivity contribution in [3.05, 3.63) is 70.4 Å². The number of carboxylic acids is 1. The number of rotatable bonds is 5. The van der Waals surface area contributed by atoms with E-state index in [2.05, 4.69) is 11.5 Å². The summed E-state index contributed by atoms with van der Waals surface area (Å²) in [4.78, 5) is 23.5. The Kier molecular flexibility index (Phi) is 4.67. The van der Waals surface area contributed by atoms with Crippen molar-refractivity contribution in [2.45, 2.75) is 39.2 Å². The van der Waals surface area contributed by atoms with E-state index in [9.17, 15) is 14.7 Å². The van der Waals surface area contributed by atoms with Crippen molar-refractivity contribution in [3.63, 3.8) is 0 Å². The molecule has 0 bridgehead atoms. The molecular formula is C23H24N2O3. The second-order valence-corrected chi connectivity index (χ2v) is 7.60. The number of aryl methyl sites for hydroxylation is 1. The van der Waals surface area contributed by atoms with Crippen LogP contribution in [0.25, 0.3) is 10.9 Å². The molecule has 1 atom stereocenters. The summed E-state index contributed by atoms with van der Waals surface area (Å²) >= 11 is 0. The highest BCUT2D eigenvalue weighted by Crippen LogP contribution is 2.37. The first-order chi connectivity index (χ1) is 13.5. The van der Waals surface area contributed by atoms with Crippen LogP contribution in [0.5, 0.6) is 0 Å². The van der Waals surface area contributed by atoms with Gasteiger partial charge in [-0.05, 0) is 54.5 Å². The number of aromatic carboxylic acids is 1. The van der Waals surface area contributed by atoms with Gasteiger partial charge in [0.2, 0.25) is 5.91 Å². The van der Waals surface area contributed by atoms with Crippen molar-refractivity contribution in [2.75, 3.05) is 0 Å². The van der Waals surface area contributed by atoms with Crippen LogP contribution in [0.2, 0.25) is 0 Å². The largest absolute Gasteiger partial charge is 0.478 e. The Morgan fingerprint density at radius 1 is 1.21 bits per heavy atom. The molecule has 0 saturated carbocycles. The van der Waals surface area contributed by atoms with Crippen molar-refractivity contribution < 1.29 is 14.7 Å². The molecule has 1 aliphatic carbocycles. The van der Waals surface area contributed by atoms with Crippen LogP contribution in [-0.4, -0.2) is 21.6 Å². The summed E-state index contributed by atoms with van der Waals surface area (Å²) in [5, 5.41) is 10.8. The lowest BCUT2D eigenvalue weighted by atomic mass is 9.85. The van der Waals surface area contributed by atoms with Crippen molar-refractivity contribution in [2.24, 2.45) is 11.7 Å². The van der Waals surface area contributed by atoms with Crippen molar-refractivity contribution in [1.29, 1.82) is 0 Å². The standard InChI is InChI=1S/C23H24N2O3/c1-2-14-9-10-17-18-7-4-8-19(23(27)28)21(18)25(20(17)12-14)13-15-5-3-6-16(11-15)22(24)26/h3-8,11,14H,2,9-10,12-13H2,1H3,(H2,24,26)(H,27,28). The fraction of sp³-hybridized carbons (Fsp3) is 0.304. The van der Waals surface area contributed by atoms with E-state index in [0.717, 1.165) is 42.1 Å². The molecule has 4 rings (SSSR count). The SMILES string of the molecule is CCC1CCc2c(n(Cc3cccc(C(N)=O)c3)c3c(C(=O)O)cccc23)C1. The number of carbonyl (C=O) groups is 2. The minimum atomic E-state index is -0.917. The fourth-order valence-corrected chi connectivity index (χ4v) is 4.47. The van der Waals surface area contributed by atoms with Gasteiger partial charge in [0.25, 0.3) is 0 Å². The van der Waals surface area contributed by atoms with E-state index in [1.54, 1.807) is 18.2 Å². The zero-order valence-corrected chi connectivity index (χ0v) is 15.9. The highest BCUT2D eigenvalue weighted by molar-refractivity contribution is 6.04. The molecule has 1 aliphatic rings. The summed E-state index contributed by atoms with van der Waals surface area (Å²) in [7, 11) is 0. The summed E-state index contributed by atoms with van der Waals surface area (Å²) in [5.41, 5.74) is 10.4. The Morgan fingerprint density at radius 3 is 2.71 bits per heavy atom. The Hall–Kier alpha value is -3.08. The molecule has 1 heterocycles. The molecule has 5 nitrogen and oxygen atoms in total. The molecule has 0 saturated heterocycles. The number of amides is 1. The van der Waals surface area contributed by atoms with Crippen LogP contribution in [-0.2, 0) is 19.4 Å². The number of fused-ring (bicyclic) bond motifs is 3.